The second-order valence-corrected chi connectivity index (χ2v) is 7.38. The monoisotopic (exact) mass is 349 g/mol. The van der Waals surface area contributed by atoms with Crippen molar-refractivity contribution in [3.05, 3.63) is 29.3 Å². The van der Waals surface area contributed by atoms with Crippen LogP contribution < -0.4 is 16.1 Å². The zero-order valence-corrected chi connectivity index (χ0v) is 16.0. The van der Waals surface area contributed by atoms with Gasteiger partial charge in [0, 0.05) is 5.69 Å². The number of para-hydroxylation sites is 1. The number of carbonyl (C=O) groups excluding carboxylic acids is 2. The Hall–Kier alpha value is -2.08. The fraction of sp³-hybridized carbons (Fsp3) is 0.579. The van der Waals surface area contributed by atoms with E-state index in [9.17, 15) is 9.59 Å². The van der Waals surface area contributed by atoms with Crippen molar-refractivity contribution in [2.75, 3.05) is 5.32 Å². The van der Waals surface area contributed by atoms with Crippen molar-refractivity contribution in [3.8, 4) is 0 Å². The largest absolute Gasteiger partial charge is 0.326 e. The number of hydroxylamine groups is 1. The molecule has 0 saturated heterocycles. The number of hydrogen-bond donors (Lipinski definition) is 4. The molecule has 3 amide bonds. The van der Waals surface area contributed by atoms with Gasteiger partial charge in [0.15, 0.2) is 0 Å². The van der Waals surface area contributed by atoms with Crippen LogP contribution in [0.25, 0.3) is 0 Å². The van der Waals surface area contributed by atoms with Crippen LogP contribution >= 0.6 is 0 Å². The molecular weight excluding hydrogens is 318 g/mol. The third-order valence-corrected chi connectivity index (χ3v) is 4.05. The predicted octanol–water partition coefficient (Wildman–Crippen LogP) is 3.98. The molecule has 6 heteroatoms. The third kappa shape index (κ3) is 6.05. The number of benzene rings is 1. The van der Waals surface area contributed by atoms with Gasteiger partial charge in [-0.3, -0.25) is 10.0 Å². The highest BCUT2D eigenvalue weighted by Crippen LogP contribution is 2.32. The Balaban J connectivity index is 3.04. The van der Waals surface area contributed by atoms with Crippen molar-refractivity contribution in [1.29, 1.82) is 0 Å². The van der Waals surface area contributed by atoms with Gasteiger partial charge in [0.1, 0.15) is 6.04 Å². The topological polar surface area (TPSA) is 90.5 Å². The van der Waals surface area contributed by atoms with Crippen LogP contribution in [0, 0.1) is 5.92 Å². The summed E-state index contributed by atoms with van der Waals surface area (Å²) in [7, 11) is 0. The second kappa shape index (κ2) is 9.42. The third-order valence-electron chi connectivity index (χ3n) is 4.05. The Morgan fingerprint density at radius 3 is 1.92 bits per heavy atom. The van der Waals surface area contributed by atoms with Crippen molar-refractivity contribution in [3.63, 3.8) is 0 Å². The summed E-state index contributed by atoms with van der Waals surface area (Å²) >= 11 is 0. The van der Waals surface area contributed by atoms with Crippen LogP contribution in [0.2, 0.25) is 0 Å². The first-order chi connectivity index (χ1) is 11.7. The molecule has 1 rings (SSSR count). The number of anilines is 1. The second-order valence-electron chi connectivity index (χ2n) is 7.38. The van der Waals surface area contributed by atoms with Gasteiger partial charge in [-0.2, -0.15) is 0 Å². The summed E-state index contributed by atoms with van der Waals surface area (Å²) in [4.78, 5) is 24.3. The number of hydrogen-bond acceptors (Lipinski definition) is 3. The molecule has 4 N–H and O–H groups in total. The molecular formula is C19H31N3O3. The van der Waals surface area contributed by atoms with E-state index in [-0.39, 0.29) is 17.8 Å². The summed E-state index contributed by atoms with van der Waals surface area (Å²) in [6.45, 7) is 12.2. The van der Waals surface area contributed by atoms with Crippen molar-refractivity contribution < 1.29 is 14.8 Å². The quantitative estimate of drug-likeness (QED) is 0.443. The minimum absolute atomic E-state index is 0.191. The van der Waals surface area contributed by atoms with Crippen LogP contribution in [0.15, 0.2) is 18.2 Å². The van der Waals surface area contributed by atoms with E-state index in [1.165, 1.54) is 0 Å². The normalized spacial score (nSPS) is 12.4. The van der Waals surface area contributed by atoms with Crippen molar-refractivity contribution in [2.24, 2.45) is 5.92 Å². The Morgan fingerprint density at radius 1 is 1.00 bits per heavy atom. The highest BCUT2D eigenvalue weighted by molar-refractivity contribution is 5.94. The van der Waals surface area contributed by atoms with E-state index in [0.29, 0.717) is 6.42 Å². The summed E-state index contributed by atoms with van der Waals surface area (Å²) in [5.41, 5.74) is 4.51. The lowest BCUT2D eigenvalue weighted by Gasteiger charge is -2.23. The smallest absolute Gasteiger partial charge is 0.319 e. The summed E-state index contributed by atoms with van der Waals surface area (Å²) in [5.74, 6) is 0.0734. The molecule has 1 aromatic carbocycles. The van der Waals surface area contributed by atoms with Gasteiger partial charge in [0.05, 0.1) is 0 Å². The Kier molecular flexibility index (Phi) is 7.90. The van der Waals surface area contributed by atoms with Gasteiger partial charge >= 0.3 is 6.03 Å². The van der Waals surface area contributed by atoms with Crippen molar-refractivity contribution >= 4 is 17.6 Å². The van der Waals surface area contributed by atoms with Crippen LogP contribution in [0.3, 0.4) is 0 Å². The molecule has 1 atom stereocenters. The molecule has 0 aliphatic rings. The number of rotatable bonds is 7. The highest BCUT2D eigenvalue weighted by atomic mass is 16.5. The van der Waals surface area contributed by atoms with Gasteiger partial charge in [-0.25, -0.2) is 10.3 Å². The molecule has 0 aliphatic heterocycles. The molecule has 0 saturated carbocycles. The maximum absolute atomic E-state index is 12.5. The maximum Gasteiger partial charge on any atom is 0.319 e. The molecule has 0 aromatic heterocycles. The minimum atomic E-state index is -0.793. The first kappa shape index (κ1) is 21.0. The number of nitrogens with one attached hydrogen (secondary N) is 3. The molecule has 0 radical (unpaired) electrons. The predicted molar refractivity (Wildman–Crippen MR) is 99.9 cm³/mol. The average molecular weight is 349 g/mol. The summed E-state index contributed by atoms with van der Waals surface area (Å²) in [5, 5.41) is 14.5. The van der Waals surface area contributed by atoms with Crippen LogP contribution in [-0.4, -0.2) is 23.2 Å². The lowest BCUT2D eigenvalue weighted by Crippen LogP contribution is -2.48. The van der Waals surface area contributed by atoms with Crippen LogP contribution in [-0.2, 0) is 4.79 Å². The molecule has 0 unspecified atom stereocenters. The van der Waals surface area contributed by atoms with E-state index >= 15 is 0 Å². The highest BCUT2D eigenvalue weighted by Gasteiger charge is 2.23. The fourth-order valence-corrected chi connectivity index (χ4v) is 2.78. The van der Waals surface area contributed by atoms with E-state index in [1.807, 2.05) is 32.0 Å². The standard InChI is InChI=1S/C19H31N3O3/c1-11(2)10-16(18(23)22-25)20-19(24)21-17-14(12(3)4)8-7-9-15(17)13(5)6/h7-9,11-13,16,25H,10H2,1-6H3,(H,22,23)(H2,20,21,24)/t16-/m0/s1. The zero-order chi connectivity index (χ0) is 19.1. The molecule has 6 nitrogen and oxygen atoms in total. The van der Waals surface area contributed by atoms with Crippen LogP contribution in [0.4, 0.5) is 10.5 Å². The molecule has 140 valence electrons. The Bertz CT molecular complexity index is 571. The molecule has 1 aromatic rings. The summed E-state index contributed by atoms with van der Waals surface area (Å²) < 4.78 is 0. The first-order valence-corrected chi connectivity index (χ1v) is 8.81. The summed E-state index contributed by atoms with van der Waals surface area (Å²) in [6, 6.07) is 4.74. The van der Waals surface area contributed by atoms with Crippen molar-refractivity contribution in [1.82, 2.24) is 10.8 Å². The van der Waals surface area contributed by atoms with E-state index in [1.54, 1.807) is 5.48 Å². The Morgan fingerprint density at radius 2 is 1.52 bits per heavy atom. The lowest BCUT2D eigenvalue weighted by molar-refractivity contribution is -0.131. The van der Waals surface area contributed by atoms with Crippen LogP contribution in [0.5, 0.6) is 0 Å². The van der Waals surface area contributed by atoms with Gasteiger partial charge in [-0.1, -0.05) is 59.7 Å². The van der Waals surface area contributed by atoms with Gasteiger partial charge in [0.25, 0.3) is 5.91 Å². The van der Waals surface area contributed by atoms with E-state index in [2.05, 4.69) is 38.3 Å². The van der Waals surface area contributed by atoms with E-state index in [4.69, 9.17) is 5.21 Å². The average Bonchev–Trinajstić information content (AvgIpc) is 2.52. The molecule has 25 heavy (non-hydrogen) atoms. The number of amides is 3. The van der Waals surface area contributed by atoms with E-state index < -0.39 is 18.0 Å². The maximum atomic E-state index is 12.5. The van der Waals surface area contributed by atoms with Gasteiger partial charge in [-0.15, -0.1) is 0 Å². The zero-order valence-electron chi connectivity index (χ0n) is 16.0. The number of carbonyl (C=O) groups is 2. The molecule has 0 fully saturated rings. The molecule has 0 bridgehead atoms. The SMILES string of the molecule is CC(C)C[C@H](NC(=O)Nc1c(C(C)C)cccc1C(C)C)C(=O)NO. The Labute approximate surface area is 150 Å². The molecule has 0 heterocycles. The first-order valence-electron chi connectivity index (χ1n) is 8.81. The molecule has 0 spiro atoms. The van der Waals surface area contributed by atoms with Gasteiger partial charge < -0.3 is 10.6 Å². The van der Waals surface area contributed by atoms with Crippen molar-refractivity contribution in [2.45, 2.75) is 65.8 Å². The molecule has 0 aliphatic carbocycles. The lowest BCUT2D eigenvalue weighted by atomic mass is 9.93. The summed E-state index contributed by atoms with van der Waals surface area (Å²) in [6.07, 6.45) is 0.433. The van der Waals surface area contributed by atoms with Gasteiger partial charge in [0.2, 0.25) is 0 Å². The number of urea groups is 1. The van der Waals surface area contributed by atoms with Crippen LogP contribution in [0.1, 0.15) is 70.9 Å². The fourth-order valence-electron chi connectivity index (χ4n) is 2.78. The van der Waals surface area contributed by atoms with Gasteiger partial charge in [-0.05, 0) is 35.3 Å². The minimum Gasteiger partial charge on any atom is -0.326 e. The van der Waals surface area contributed by atoms with E-state index in [0.717, 1.165) is 16.8 Å².